The van der Waals surface area contributed by atoms with Gasteiger partial charge in [-0.3, -0.25) is 14.9 Å². The molecule has 18 nitrogen and oxygen atoms in total. The van der Waals surface area contributed by atoms with Gasteiger partial charge in [0.25, 0.3) is 15.9 Å². The Balaban J connectivity index is 1.56. The largest absolute Gasteiger partial charge is 0.514 e. The van der Waals surface area contributed by atoms with Crippen LogP contribution in [0.2, 0.25) is 0 Å². The van der Waals surface area contributed by atoms with E-state index in [4.69, 9.17) is 18.9 Å². The first-order valence-electron chi connectivity index (χ1n) is 10.7. The molecule has 6 atom stereocenters. The van der Waals surface area contributed by atoms with E-state index in [2.05, 4.69) is 9.68 Å². The fourth-order valence-electron chi connectivity index (χ4n) is 4.14. The number of hydrogen-bond acceptors (Lipinski definition) is 14. The Hall–Kier alpha value is -4.32. The van der Waals surface area contributed by atoms with Gasteiger partial charge in [-0.25, -0.2) is 4.79 Å². The highest BCUT2D eigenvalue weighted by molar-refractivity contribution is 5.70. The molecule has 0 spiro atoms. The normalized spacial score (nSPS) is 23.8. The van der Waals surface area contributed by atoms with Crippen LogP contribution in [0.4, 0.5) is 10.5 Å². The quantitative estimate of drug-likeness (QED) is 0.162. The van der Waals surface area contributed by atoms with E-state index < -0.39 is 70.1 Å². The molecule has 1 N–H and O–H groups in total. The number of fused-ring (bicyclic) bond motifs is 1. The van der Waals surface area contributed by atoms with Crippen molar-refractivity contribution in [3.05, 3.63) is 54.6 Å². The first-order chi connectivity index (χ1) is 17.5. The zero-order valence-electron chi connectivity index (χ0n) is 18.8. The smallest absolute Gasteiger partial charge is 0.481 e. The molecule has 2 aliphatic rings. The lowest BCUT2D eigenvalue weighted by molar-refractivity contribution is -0.790. The fraction of sp³-hybridized carbons (Fsp3) is 0.579. The molecule has 0 aromatic heterocycles. The number of rotatable bonds is 13. The summed E-state index contributed by atoms with van der Waals surface area (Å²) in [6, 6.07) is 4.69. The number of carbonyl (C=O) groups is 2. The Bertz CT molecular complexity index is 1020. The molecule has 0 amide bonds. The molecule has 1 aromatic carbocycles. The summed E-state index contributed by atoms with van der Waals surface area (Å²) in [7, 11) is 0. The third-order valence-electron chi connectivity index (χ3n) is 5.78. The lowest BCUT2D eigenvalue weighted by atomic mass is 9.84. The average molecular weight is 531 g/mol. The molecule has 1 aromatic rings. The maximum absolute atomic E-state index is 12.2. The first-order valence-corrected chi connectivity index (χ1v) is 10.7. The van der Waals surface area contributed by atoms with Gasteiger partial charge in [0.1, 0.15) is 24.6 Å². The molecule has 2 heterocycles. The van der Waals surface area contributed by atoms with Crippen LogP contribution in [-0.4, -0.2) is 76.6 Å². The van der Waals surface area contributed by atoms with Gasteiger partial charge in [0.05, 0.1) is 30.2 Å². The summed E-state index contributed by atoms with van der Waals surface area (Å²) in [5.41, 5.74) is -0.201. The fourth-order valence-corrected chi connectivity index (χ4v) is 4.14. The third-order valence-corrected chi connectivity index (χ3v) is 5.78. The number of aliphatic carboxylic acids is 1. The van der Waals surface area contributed by atoms with Crippen LogP contribution in [0.5, 0.6) is 5.75 Å². The van der Waals surface area contributed by atoms with Crippen molar-refractivity contribution < 1.29 is 58.4 Å². The van der Waals surface area contributed by atoms with Crippen molar-refractivity contribution >= 4 is 17.8 Å². The monoisotopic (exact) mass is 531 g/mol. The van der Waals surface area contributed by atoms with Gasteiger partial charge in [0.2, 0.25) is 0 Å². The van der Waals surface area contributed by atoms with Gasteiger partial charge in [0, 0.05) is 18.1 Å². The van der Waals surface area contributed by atoms with Gasteiger partial charge in [-0.15, -0.1) is 20.2 Å². The predicted molar refractivity (Wildman–Crippen MR) is 112 cm³/mol. The highest BCUT2D eigenvalue weighted by Gasteiger charge is 2.53. The third kappa shape index (κ3) is 7.34. The number of non-ortho nitro benzene ring substituents is 1. The molecule has 202 valence electrons. The van der Waals surface area contributed by atoms with Gasteiger partial charge in [-0.05, 0) is 25.0 Å². The van der Waals surface area contributed by atoms with E-state index in [1.807, 2.05) is 0 Å². The Morgan fingerprint density at radius 3 is 2.27 bits per heavy atom. The van der Waals surface area contributed by atoms with Crippen molar-refractivity contribution in [1.29, 1.82) is 0 Å². The first kappa shape index (κ1) is 27.3. The highest BCUT2D eigenvalue weighted by atomic mass is 17.0. The number of hydrogen-bond donors (Lipinski definition) is 1. The van der Waals surface area contributed by atoms with Gasteiger partial charge < -0.3 is 33.7 Å². The number of carboxylic acids is 1. The second-order valence-corrected chi connectivity index (χ2v) is 8.01. The van der Waals surface area contributed by atoms with Crippen molar-refractivity contribution in [3.8, 4) is 5.75 Å². The number of nitro groups is 1. The Morgan fingerprint density at radius 1 is 1.00 bits per heavy atom. The number of ether oxygens (including phenoxy) is 4. The van der Waals surface area contributed by atoms with E-state index in [0.29, 0.717) is 0 Å². The van der Waals surface area contributed by atoms with Gasteiger partial charge in [0.15, 0.2) is 6.10 Å². The van der Waals surface area contributed by atoms with Crippen molar-refractivity contribution in [2.45, 2.75) is 37.3 Å². The molecule has 2 aliphatic heterocycles. The summed E-state index contributed by atoms with van der Waals surface area (Å²) < 4.78 is 21.5. The Labute approximate surface area is 206 Å². The maximum atomic E-state index is 12.2. The average Bonchev–Trinajstić information content (AvgIpc) is 3.40. The van der Waals surface area contributed by atoms with E-state index in [0.717, 1.165) is 12.1 Å². The van der Waals surface area contributed by atoms with Crippen LogP contribution in [0, 0.1) is 42.2 Å². The second-order valence-electron chi connectivity index (χ2n) is 8.01. The minimum absolute atomic E-state index is 0.00483. The van der Waals surface area contributed by atoms with Crippen molar-refractivity contribution in [2.24, 2.45) is 11.8 Å². The lowest BCUT2D eigenvalue weighted by Gasteiger charge is -2.24. The van der Waals surface area contributed by atoms with Crippen LogP contribution >= 0.6 is 0 Å². The van der Waals surface area contributed by atoms with Crippen LogP contribution in [0.15, 0.2) is 24.3 Å². The molecule has 0 bridgehead atoms. The molecule has 0 radical (unpaired) electrons. The van der Waals surface area contributed by atoms with Crippen LogP contribution < -0.4 is 4.74 Å². The SMILES string of the molecule is O=C(Oc1ccc([N+](=O)[O-])cc1)O[C@@H]1CO[C@@H]2[C@H]([C@H](CCC(CO[N+](=O)[O-])O[N+](=O)[O-])C(=O)O)CO[C@H]21. The molecule has 3 rings (SSSR count). The van der Waals surface area contributed by atoms with Crippen molar-refractivity contribution in [3.63, 3.8) is 0 Å². The molecule has 18 heteroatoms. The van der Waals surface area contributed by atoms with Crippen LogP contribution in [0.1, 0.15) is 12.8 Å². The molecule has 2 fully saturated rings. The number of nitro benzene ring substituents is 1. The molecule has 2 saturated heterocycles. The molecule has 0 saturated carbocycles. The summed E-state index contributed by atoms with van der Waals surface area (Å²) in [5.74, 6) is -3.12. The molecular weight excluding hydrogens is 510 g/mol. The predicted octanol–water partition coefficient (Wildman–Crippen LogP) is 1.16. The standard InChI is InChI=1S/C19H21N3O15/c23-18(24)13(6-5-12(37-22(30)31)7-34-21(28)29)14-8-32-17-15(9-33-16(14)17)36-19(25)35-11-3-1-10(2-4-11)20(26)27/h1-4,12-17H,5-9H2,(H,23,24)/t12?,13-,14-,15+,16+,17-/m0/s1. The topological polar surface area (TPSA) is 239 Å². The minimum Gasteiger partial charge on any atom is -0.481 e. The molecule has 37 heavy (non-hydrogen) atoms. The zero-order chi connectivity index (χ0) is 27.1. The maximum Gasteiger partial charge on any atom is 0.514 e. The Morgan fingerprint density at radius 2 is 1.68 bits per heavy atom. The number of benzene rings is 1. The zero-order valence-corrected chi connectivity index (χ0v) is 18.8. The molecule has 0 aliphatic carbocycles. The van der Waals surface area contributed by atoms with E-state index in [1.165, 1.54) is 12.1 Å². The summed E-state index contributed by atoms with van der Waals surface area (Å²) >= 11 is 0. The van der Waals surface area contributed by atoms with Crippen molar-refractivity contribution in [2.75, 3.05) is 19.8 Å². The molecule has 1 unspecified atom stereocenters. The van der Waals surface area contributed by atoms with Crippen molar-refractivity contribution in [1.82, 2.24) is 0 Å². The van der Waals surface area contributed by atoms with Gasteiger partial charge >= 0.3 is 12.1 Å². The minimum atomic E-state index is -1.38. The van der Waals surface area contributed by atoms with Crippen LogP contribution in [-0.2, 0) is 28.7 Å². The van der Waals surface area contributed by atoms with E-state index in [9.17, 15) is 45.0 Å². The number of carboxylic acid groups (broad SMARTS) is 1. The second kappa shape index (κ2) is 12.1. The van der Waals surface area contributed by atoms with Crippen LogP contribution in [0.3, 0.4) is 0 Å². The number of nitrogens with zero attached hydrogens (tertiary/aromatic N) is 3. The van der Waals surface area contributed by atoms with Gasteiger partial charge in [-0.2, -0.15) is 0 Å². The summed E-state index contributed by atoms with van der Waals surface area (Å²) in [4.78, 5) is 63.6. The highest BCUT2D eigenvalue weighted by Crippen LogP contribution is 2.38. The van der Waals surface area contributed by atoms with E-state index in [-0.39, 0.29) is 37.5 Å². The van der Waals surface area contributed by atoms with E-state index in [1.54, 1.807) is 0 Å². The summed E-state index contributed by atoms with van der Waals surface area (Å²) in [6.07, 6.45) is -5.48. The lowest BCUT2D eigenvalue weighted by Crippen LogP contribution is -2.37. The van der Waals surface area contributed by atoms with E-state index >= 15 is 0 Å². The number of carbonyl (C=O) groups excluding carboxylic acids is 1. The summed E-state index contributed by atoms with van der Waals surface area (Å²) in [5, 5.41) is 39.1. The summed E-state index contributed by atoms with van der Waals surface area (Å²) in [6.45, 7) is -0.982. The van der Waals surface area contributed by atoms with Gasteiger partial charge in [-0.1, -0.05) is 0 Å². The van der Waals surface area contributed by atoms with Crippen LogP contribution in [0.25, 0.3) is 0 Å². The Kier molecular flexibility index (Phi) is 8.90. The molecular formula is C19H21N3O15.